The predicted molar refractivity (Wildman–Crippen MR) is 135 cm³/mol. The number of phenols is 1. The molecule has 0 saturated heterocycles. The number of ether oxygens (including phenoxy) is 2. The SMILES string of the molecule is CCOC(C)c1cccc2[nH]c(COc3ccc(/C=C/C(=O)c4ccc(C(=O)O)cc4O)cc3)nc12. The van der Waals surface area contributed by atoms with Crippen LogP contribution in [0.5, 0.6) is 11.5 Å². The van der Waals surface area contributed by atoms with Gasteiger partial charge in [-0.25, -0.2) is 9.78 Å². The largest absolute Gasteiger partial charge is 0.507 e. The summed E-state index contributed by atoms with van der Waals surface area (Å²) in [4.78, 5) is 31.3. The molecule has 184 valence electrons. The number of ketones is 1. The van der Waals surface area contributed by atoms with Gasteiger partial charge in [-0.05, 0) is 61.9 Å². The predicted octanol–water partition coefficient (Wildman–Crippen LogP) is 5.54. The van der Waals surface area contributed by atoms with E-state index in [2.05, 4.69) is 9.97 Å². The molecule has 1 unspecified atom stereocenters. The van der Waals surface area contributed by atoms with Gasteiger partial charge < -0.3 is 24.7 Å². The number of aromatic carboxylic acids is 1. The minimum absolute atomic E-state index is 0.0286. The van der Waals surface area contributed by atoms with Crippen molar-refractivity contribution in [2.75, 3.05) is 6.61 Å². The van der Waals surface area contributed by atoms with E-state index >= 15 is 0 Å². The van der Waals surface area contributed by atoms with Gasteiger partial charge in [0.15, 0.2) is 5.78 Å². The van der Waals surface area contributed by atoms with Gasteiger partial charge in [0.05, 0.1) is 28.3 Å². The van der Waals surface area contributed by atoms with E-state index in [0.717, 1.165) is 28.2 Å². The number of rotatable bonds is 10. The van der Waals surface area contributed by atoms with Gasteiger partial charge in [-0.15, -0.1) is 0 Å². The monoisotopic (exact) mass is 486 g/mol. The number of fused-ring (bicyclic) bond motifs is 1. The van der Waals surface area contributed by atoms with Gasteiger partial charge in [-0.3, -0.25) is 4.79 Å². The van der Waals surface area contributed by atoms with E-state index in [1.165, 1.54) is 18.2 Å². The van der Waals surface area contributed by atoms with Crippen molar-refractivity contribution in [2.45, 2.75) is 26.6 Å². The molecule has 3 N–H and O–H groups in total. The van der Waals surface area contributed by atoms with Gasteiger partial charge >= 0.3 is 5.97 Å². The van der Waals surface area contributed by atoms with Crippen LogP contribution >= 0.6 is 0 Å². The van der Waals surface area contributed by atoms with Crippen LogP contribution in [0.1, 0.15) is 57.6 Å². The summed E-state index contributed by atoms with van der Waals surface area (Å²) in [5.41, 5.74) is 3.51. The molecule has 0 radical (unpaired) electrons. The van der Waals surface area contributed by atoms with E-state index in [1.54, 1.807) is 30.3 Å². The first-order valence-electron chi connectivity index (χ1n) is 11.5. The molecule has 0 spiro atoms. The van der Waals surface area contributed by atoms with E-state index in [-0.39, 0.29) is 29.6 Å². The van der Waals surface area contributed by atoms with Gasteiger partial charge in [-0.2, -0.15) is 0 Å². The molecule has 1 atom stereocenters. The fourth-order valence-electron chi connectivity index (χ4n) is 3.80. The molecule has 0 aliphatic carbocycles. The molecular weight excluding hydrogens is 460 g/mol. The lowest BCUT2D eigenvalue weighted by Gasteiger charge is -2.11. The highest BCUT2D eigenvalue weighted by Crippen LogP contribution is 2.25. The molecule has 0 saturated carbocycles. The van der Waals surface area contributed by atoms with Gasteiger partial charge in [0, 0.05) is 12.2 Å². The number of carbonyl (C=O) groups is 2. The van der Waals surface area contributed by atoms with Crippen LogP contribution in [0.3, 0.4) is 0 Å². The van der Waals surface area contributed by atoms with Crippen LogP contribution in [-0.2, 0) is 11.3 Å². The molecule has 1 aromatic heterocycles. The Kier molecular flexibility index (Phi) is 7.46. The smallest absolute Gasteiger partial charge is 0.335 e. The molecule has 0 fully saturated rings. The van der Waals surface area contributed by atoms with Crippen LogP contribution in [-0.4, -0.2) is 38.5 Å². The Bertz CT molecular complexity index is 1420. The summed E-state index contributed by atoms with van der Waals surface area (Å²) in [6.45, 7) is 4.85. The summed E-state index contributed by atoms with van der Waals surface area (Å²) < 4.78 is 11.6. The maximum Gasteiger partial charge on any atom is 0.335 e. The summed E-state index contributed by atoms with van der Waals surface area (Å²) in [6.07, 6.45) is 2.87. The molecule has 4 rings (SSSR count). The third-order valence-corrected chi connectivity index (χ3v) is 5.64. The molecule has 36 heavy (non-hydrogen) atoms. The number of benzene rings is 3. The van der Waals surface area contributed by atoms with E-state index in [4.69, 9.17) is 14.6 Å². The number of carboxylic acids is 1. The summed E-state index contributed by atoms with van der Waals surface area (Å²) in [5, 5.41) is 18.9. The summed E-state index contributed by atoms with van der Waals surface area (Å²) in [7, 11) is 0. The molecule has 3 aromatic carbocycles. The van der Waals surface area contributed by atoms with E-state index < -0.39 is 11.8 Å². The fourth-order valence-corrected chi connectivity index (χ4v) is 3.80. The quantitative estimate of drug-likeness (QED) is 0.199. The zero-order valence-corrected chi connectivity index (χ0v) is 19.9. The van der Waals surface area contributed by atoms with Crippen molar-refractivity contribution >= 4 is 28.9 Å². The van der Waals surface area contributed by atoms with E-state index in [9.17, 15) is 14.7 Å². The maximum absolute atomic E-state index is 12.4. The van der Waals surface area contributed by atoms with Crippen molar-refractivity contribution in [2.24, 2.45) is 0 Å². The minimum atomic E-state index is -1.18. The van der Waals surface area contributed by atoms with Crippen LogP contribution in [0.2, 0.25) is 0 Å². The van der Waals surface area contributed by atoms with Crippen molar-refractivity contribution in [1.29, 1.82) is 0 Å². The van der Waals surface area contributed by atoms with Gasteiger partial charge in [0.2, 0.25) is 0 Å². The van der Waals surface area contributed by atoms with Crippen molar-refractivity contribution < 1.29 is 29.3 Å². The lowest BCUT2D eigenvalue weighted by Crippen LogP contribution is -2.00. The van der Waals surface area contributed by atoms with Gasteiger partial charge in [0.1, 0.15) is 23.9 Å². The zero-order valence-electron chi connectivity index (χ0n) is 19.9. The topological polar surface area (TPSA) is 122 Å². The Balaban J connectivity index is 1.39. The number of aromatic hydroxyl groups is 1. The molecule has 0 amide bonds. The Morgan fingerprint density at radius 3 is 2.58 bits per heavy atom. The average molecular weight is 487 g/mol. The van der Waals surface area contributed by atoms with Crippen molar-refractivity contribution in [3.05, 3.63) is 94.8 Å². The molecule has 0 aliphatic heterocycles. The van der Waals surface area contributed by atoms with Gasteiger partial charge in [0.25, 0.3) is 0 Å². The number of nitrogens with one attached hydrogen (secondary N) is 1. The lowest BCUT2D eigenvalue weighted by atomic mass is 10.1. The highest BCUT2D eigenvalue weighted by atomic mass is 16.5. The Morgan fingerprint density at radius 1 is 1.11 bits per heavy atom. The molecule has 0 aliphatic rings. The summed E-state index contributed by atoms with van der Waals surface area (Å²) in [6, 6.07) is 16.7. The molecule has 1 heterocycles. The van der Waals surface area contributed by atoms with Crippen molar-refractivity contribution in [3.8, 4) is 11.5 Å². The highest BCUT2D eigenvalue weighted by molar-refractivity contribution is 6.09. The number of imidazole rings is 1. The second-order valence-electron chi connectivity index (χ2n) is 8.12. The van der Waals surface area contributed by atoms with Crippen molar-refractivity contribution in [3.63, 3.8) is 0 Å². The third kappa shape index (κ3) is 5.61. The third-order valence-electron chi connectivity index (χ3n) is 5.64. The second-order valence-corrected chi connectivity index (χ2v) is 8.12. The average Bonchev–Trinajstić information content (AvgIpc) is 3.30. The number of aromatic amines is 1. The second kappa shape index (κ2) is 10.9. The summed E-state index contributed by atoms with van der Waals surface area (Å²) in [5.74, 6) is -0.650. The number of phenolic OH excluding ortho intramolecular Hbond substituents is 1. The highest BCUT2D eigenvalue weighted by Gasteiger charge is 2.14. The number of hydrogen-bond donors (Lipinski definition) is 3. The number of carboxylic acid groups (broad SMARTS) is 1. The Hall–Kier alpha value is -4.43. The minimum Gasteiger partial charge on any atom is -0.507 e. The van der Waals surface area contributed by atoms with E-state index in [1.807, 2.05) is 32.0 Å². The van der Waals surface area contributed by atoms with E-state index in [0.29, 0.717) is 18.2 Å². The normalized spacial score (nSPS) is 12.2. The molecule has 0 bridgehead atoms. The first kappa shape index (κ1) is 24.7. The first-order chi connectivity index (χ1) is 17.4. The first-order valence-corrected chi connectivity index (χ1v) is 11.5. The molecule has 4 aromatic rings. The van der Waals surface area contributed by atoms with Crippen LogP contribution in [0.4, 0.5) is 0 Å². The number of allylic oxidation sites excluding steroid dienone is 1. The number of H-pyrrole nitrogens is 1. The maximum atomic E-state index is 12.4. The van der Waals surface area contributed by atoms with Crippen LogP contribution in [0, 0.1) is 0 Å². The fraction of sp³-hybridized carbons (Fsp3) is 0.179. The standard InChI is InChI=1S/C28H26N2O6/c1-3-35-17(2)21-5-4-6-23-27(21)30-26(29-23)16-36-20-11-7-18(8-12-20)9-14-24(31)22-13-10-19(28(33)34)15-25(22)32/h4-15,17,32H,3,16H2,1-2H3,(H,29,30)(H,33,34)/b14-9+. The van der Waals surface area contributed by atoms with Crippen LogP contribution in [0.25, 0.3) is 17.1 Å². The summed E-state index contributed by atoms with van der Waals surface area (Å²) >= 11 is 0. The van der Waals surface area contributed by atoms with Crippen LogP contribution < -0.4 is 4.74 Å². The number of aromatic nitrogens is 2. The zero-order chi connectivity index (χ0) is 25.7. The Labute approximate surface area is 207 Å². The number of nitrogens with zero attached hydrogens (tertiary/aromatic N) is 1. The molecule has 8 nitrogen and oxygen atoms in total. The number of carbonyl (C=O) groups excluding carboxylic acids is 1. The number of hydrogen-bond acceptors (Lipinski definition) is 6. The number of para-hydroxylation sites is 1. The molecule has 8 heteroatoms. The van der Waals surface area contributed by atoms with Crippen LogP contribution in [0.15, 0.2) is 66.7 Å². The van der Waals surface area contributed by atoms with Crippen molar-refractivity contribution in [1.82, 2.24) is 9.97 Å². The Morgan fingerprint density at radius 2 is 1.89 bits per heavy atom. The van der Waals surface area contributed by atoms with Gasteiger partial charge in [-0.1, -0.05) is 30.3 Å². The lowest BCUT2D eigenvalue weighted by molar-refractivity contribution is 0.0695. The molecular formula is C28H26N2O6.